The van der Waals surface area contributed by atoms with Gasteiger partial charge in [-0.05, 0) is 50.8 Å². The SMILES string of the molecule is CC1=C(C)C(C)=C(C)C([Si](C)(C)Cl)C1. The maximum atomic E-state index is 6.57. The van der Waals surface area contributed by atoms with E-state index in [2.05, 4.69) is 40.8 Å². The van der Waals surface area contributed by atoms with Crippen molar-refractivity contribution in [1.82, 2.24) is 0 Å². The Balaban J connectivity index is 3.12. The Kier molecular flexibility index (Phi) is 3.32. The third kappa shape index (κ3) is 2.14. The van der Waals surface area contributed by atoms with Gasteiger partial charge < -0.3 is 0 Å². The molecule has 0 aliphatic heterocycles. The summed E-state index contributed by atoms with van der Waals surface area (Å²) in [5.74, 6) is 0. The van der Waals surface area contributed by atoms with E-state index in [1.807, 2.05) is 0 Å². The van der Waals surface area contributed by atoms with E-state index in [9.17, 15) is 0 Å². The average Bonchev–Trinajstić information content (AvgIpc) is 2.06. The van der Waals surface area contributed by atoms with Crippen LogP contribution < -0.4 is 0 Å². The highest BCUT2D eigenvalue weighted by Gasteiger charge is 2.34. The fraction of sp³-hybridized carbons (Fsp3) is 0.667. The zero-order valence-corrected chi connectivity index (χ0v) is 11.9. The van der Waals surface area contributed by atoms with Gasteiger partial charge in [-0.25, -0.2) is 0 Å². The molecule has 0 nitrogen and oxygen atoms in total. The highest BCUT2D eigenvalue weighted by Crippen LogP contribution is 2.44. The molecule has 1 rings (SSSR count). The van der Waals surface area contributed by atoms with Crippen molar-refractivity contribution >= 4 is 18.5 Å². The Hall–Kier alpha value is -0.0131. The molecule has 0 spiro atoms. The van der Waals surface area contributed by atoms with Crippen LogP contribution >= 0.6 is 11.1 Å². The number of hydrogen-bond acceptors (Lipinski definition) is 0. The zero-order valence-electron chi connectivity index (χ0n) is 10.2. The molecule has 0 aromatic rings. The third-order valence-electron chi connectivity index (χ3n) is 3.66. The molecule has 1 unspecified atom stereocenters. The van der Waals surface area contributed by atoms with Crippen molar-refractivity contribution in [3.05, 3.63) is 22.3 Å². The molecule has 0 radical (unpaired) electrons. The van der Waals surface area contributed by atoms with Gasteiger partial charge in [-0.2, -0.15) is 11.1 Å². The minimum atomic E-state index is -1.55. The first kappa shape index (κ1) is 12.1. The van der Waals surface area contributed by atoms with E-state index in [0.717, 1.165) is 0 Å². The molecule has 2 heteroatoms. The quantitative estimate of drug-likeness (QED) is 0.444. The molecular formula is C12H21ClSi. The smallest absolute Gasteiger partial charge is 0.157 e. The Labute approximate surface area is 93.8 Å². The first-order chi connectivity index (χ1) is 6.25. The molecular weight excluding hydrogens is 208 g/mol. The molecule has 0 aromatic heterocycles. The summed E-state index contributed by atoms with van der Waals surface area (Å²) >= 11 is 6.57. The Morgan fingerprint density at radius 2 is 1.57 bits per heavy atom. The Morgan fingerprint density at radius 1 is 1.07 bits per heavy atom. The van der Waals surface area contributed by atoms with Crippen molar-refractivity contribution in [2.45, 2.75) is 52.8 Å². The van der Waals surface area contributed by atoms with E-state index in [4.69, 9.17) is 11.1 Å². The van der Waals surface area contributed by atoms with Crippen LogP contribution in [0.15, 0.2) is 22.3 Å². The molecule has 0 fully saturated rings. The van der Waals surface area contributed by atoms with E-state index < -0.39 is 7.38 Å². The Morgan fingerprint density at radius 3 is 2.00 bits per heavy atom. The molecule has 1 aliphatic rings. The normalized spacial score (nSPS) is 24.6. The second kappa shape index (κ2) is 3.86. The fourth-order valence-electron chi connectivity index (χ4n) is 2.25. The van der Waals surface area contributed by atoms with Crippen LogP contribution in [0.3, 0.4) is 0 Å². The third-order valence-corrected chi connectivity index (χ3v) is 6.74. The maximum absolute atomic E-state index is 6.57. The van der Waals surface area contributed by atoms with Gasteiger partial charge in [-0.1, -0.05) is 24.2 Å². The van der Waals surface area contributed by atoms with Gasteiger partial charge in [0.15, 0.2) is 7.38 Å². The van der Waals surface area contributed by atoms with Gasteiger partial charge in [0.25, 0.3) is 0 Å². The van der Waals surface area contributed by atoms with Crippen LogP contribution in [0.5, 0.6) is 0 Å². The van der Waals surface area contributed by atoms with E-state index in [1.165, 1.54) is 28.7 Å². The van der Waals surface area contributed by atoms with E-state index in [1.54, 1.807) is 0 Å². The summed E-state index contributed by atoms with van der Waals surface area (Å²) in [5, 5.41) is 0. The van der Waals surface area contributed by atoms with Crippen LogP contribution in [0.2, 0.25) is 18.6 Å². The number of rotatable bonds is 1. The van der Waals surface area contributed by atoms with E-state index >= 15 is 0 Å². The van der Waals surface area contributed by atoms with Crippen LogP contribution in [0.4, 0.5) is 0 Å². The van der Waals surface area contributed by atoms with Crippen molar-refractivity contribution in [3.63, 3.8) is 0 Å². The lowest BCUT2D eigenvalue weighted by Gasteiger charge is -2.33. The van der Waals surface area contributed by atoms with Gasteiger partial charge in [-0.3, -0.25) is 0 Å². The van der Waals surface area contributed by atoms with Gasteiger partial charge in [-0.15, -0.1) is 0 Å². The predicted molar refractivity (Wildman–Crippen MR) is 68.5 cm³/mol. The summed E-state index contributed by atoms with van der Waals surface area (Å²) in [6, 6.07) is 0. The van der Waals surface area contributed by atoms with Crippen LogP contribution in [0.1, 0.15) is 34.1 Å². The summed E-state index contributed by atoms with van der Waals surface area (Å²) in [7, 11) is -1.55. The maximum Gasteiger partial charge on any atom is 0.157 e. The first-order valence-electron chi connectivity index (χ1n) is 5.28. The predicted octanol–water partition coefficient (Wildman–Crippen LogP) is 4.88. The lowest BCUT2D eigenvalue weighted by atomic mass is 9.88. The van der Waals surface area contributed by atoms with Crippen LogP contribution in [-0.2, 0) is 0 Å². The van der Waals surface area contributed by atoms with Crippen LogP contribution in [0.25, 0.3) is 0 Å². The summed E-state index contributed by atoms with van der Waals surface area (Å²) in [6.07, 6.45) is 1.18. The molecule has 0 N–H and O–H groups in total. The van der Waals surface area contributed by atoms with E-state index in [0.29, 0.717) is 5.54 Å². The summed E-state index contributed by atoms with van der Waals surface area (Å²) < 4.78 is 0. The molecule has 0 saturated heterocycles. The van der Waals surface area contributed by atoms with Crippen LogP contribution in [0, 0.1) is 0 Å². The minimum Gasteiger partial charge on any atom is -0.167 e. The minimum absolute atomic E-state index is 0.632. The van der Waals surface area contributed by atoms with Gasteiger partial charge in [0.1, 0.15) is 0 Å². The molecule has 1 aliphatic carbocycles. The second-order valence-corrected chi connectivity index (χ2v) is 11.8. The molecule has 14 heavy (non-hydrogen) atoms. The average molecular weight is 229 g/mol. The summed E-state index contributed by atoms with van der Waals surface area (Å²) in [5.41, 5.74) is 6.64. The van der Waals surface area contributed by atoms with Crippen LogP contribution in [-0.4, -0.2) is 7.38 Å². The molecule has 0 bridgehead atoms. The van der Waals surface area contributed by atoms with Gasteiger partial charge in [0.05, 0.1) is 0 Å². The first-order valence-corrected chi connectivity index (χ1v) is 9.37. The topological polar surface area (TPSA) is 0 Å². The van der Waals surface area contributed by atoms with Crippen molar-refractivity contribution < 1.29 is 0 Å². The molecule has 0 saturated carbocycles. The number of hydrogen-bond donors (Lipinski definition) is 0. The van der Waals surface area contributed by atoms with Crippen molar-refractivity contribution in [2.24, 2.45) is 0 Å². The lowest BCUT2D eigenvalue weighted by molar-refractivity contribution is 0.839. The second-order valence-electron chi connectivity index (χ2n) is 5.03. The Bertz CT molecular complexity index is 305. The number of allylic oxidation sites excluding steroid dienone is 4. The van der Waals surface area contributed by atoms with Crippen molar-refractivity contribution in [2.75, 3.05) is 0 Å². The summed E-state index contributed by atoms with van der Waals surface area (Å²) in [6.45, 7) is 13.5. The molecule has 1 atom stereocenters. The molecule has 0 amide bonds. The highest BCUT2D eigenvalue weighted by molar-refractivity contribution is 7.20. The molecule has 80 valence electrons. The van der Waals surface area contributed by atoms with Crippen molar-refractivity contribution in [1.29, 1.82) is 0 Å². The monoisotopic (exact) mass is 228 g/mol. The van der Waals surface area contributed by atoms with E-state index in [-0.39, 0.29) is 0 Å². The largest absolute Gasteiger partial charge is 0.167 e. The fourth-order valence-corrected chi connectivity index (χ4v) is 5.01. The van der Waals surface area contributed by atoms with Gasteiger partial charge in [0.2, 0.25) is 0 Å². The zero-order chi connectivity index (χ0) is 11.1. The molecule has 0 heterocycles. The van der Waals surface area contributed by atoms with Gasteiger partial charge in [0, 0.05) is 0 Å². The summed E-state index contributed by atoms with van der Waals surface area (Å²) in [4.78, 5) is 0. The molecule has 0 aromatic carbocycles. The highest BCUT2D eigenvalue weighted by atomic mass is 35.6. The van der Waals surface area contributed by atoms with Gasteiger partial charge >= 0.3 is 0 Å². The lowest BCUT2D eigenvalue weighted by Crippen LogP contribution is -2.28. The van der Waals surface area contributed by atoms with Crippen molar-refractivity contribution in [3.8, 4) is 0 Å². The standard InChI is InChI=1S/C12H21ClSi/c1-8-7-12(14(5,6)13)11(4)10(3)9(8)2/h12H,7H2,1-6H3. The number of halogens is 1.